The van der Waals surface area contributed by atoms with Crippen molar-refractivity contribution in [3.05, 3.63) is 29.3 Å². The second-order valence-corrected chi connectivity index (χ2v) is 4.96. The van der Waals surface area contributed by atoms with E-state index in [0.717, 1.165) is 20.1 Å². The number of hydrogen-bond donors (Lipinski definition) is 1. The van der Waals surface area contributed by atoms with Gasteiger partial charge in [-0.25, -0.2) is 4.39 Å². The second-order valence-electron chi connectivity index (χ2n) is 4.96. The SMILES string of the molecule is COc1c(CC(=O)C(C)(NC(C)=O)C(F)(F)F)ccc(F)c1F. The number of hydrogen-bond acceptors (Lipinski definition) is 3. The van der Waals surface area contributed by atoms with Crippen molar-refractivity contribution in [1.29, 1.82) is 0 Å². The topological polar surface area (TPSA) is 55.4 Å². The lowest BCUT2D eigenvalue weighted by molar-refractivity contribution is -0.195. The number of rotatable bonds is 5. The van der Waals surface area contributed by atoms with Crippen LogP contribution in [0.3, 0.4) is 0 Å². The van der Waals surface area contributed by atoms with Crippen molar-refractivity contribution in [2.24, 2.45) is 0 Å². The molecule has 1 N–H and O–H groups in total. The molecule has 9 heteroatoms. The van der Waals surface area contributed by atoms with Gasteiger partial charge in [-0.2, -0.15) is 17.6 Å². The minimum atomic E-state index is -5.07. The van der Waals surface area contributed by atoms with E-state index < -0.39 is 47.2 Å². The third-order valence-corrected chi connectivity index (χ3v) is 3.24. The first-order valence-corrected chi connectivity index (χ1v) is 6.33. The van der Waals surface area contributed by atoms with Gasteiger partial charge in [0.25, 0.3) is 0 Å². The monoisotopic (exact) mass is 339 g/mol. The Morgan fingerprint density at radius 1 is 1.22 bits per heavy atom. The lowest BCUT2D eigenvalue weighted by Gasteiger charge is -2.31. The molecule has 128 valence electrons. The molecule has 0 heterocycles. The van der Waals surface area contributed by atoms with Gasteiger partial charge in [0.2, 0.25) is 11.7 Å². The Balaban J connectivity index is 3.24. The van der Waals surface area contributed by atoms with E-state index in [9.17, 15) is 31.5 Å². The smallest absolute Gasteiger partial charge is 0.418 e. The predicted molar refractivity (Wildman–Crippen MR) is 69.9 cm³/mol. The fourth-order valence-electron chi connectivity index (χ4n) is 1.93. The van der Waals surface area contributed by atoms with Crippen LogP contribution in [0.4, 0.5) is 22.0 Å². The first-order chi connectivity index (χ1) is 10.4. The lowest BCUT2D eigenvalue weighted by Crippen LogP contribution is -2.62. The van der Waals surface area contributed by atoms with Crippen LogP contribution >= 0.6 is 0 Å². The summed E-state index contributed by atoms with van der Waals surface area (Å²) in [5.41, 5.74) is -3.42. The van der Waals surface area contributed by atoms with Crippen molar-refractivity contribution in [3.8, 4) is 5.75 Å². The van der Waals surface area contributed by atoms with Crippen molar-refractivity contribution in [2.75, 3.05) is 7.11 Å². The van der Waals surface area contributed by atoms with Crippen LogP contribution in [0.15, 0.2) is 12.1 Å². The fourth-order valence-corrected chi connectivity index (χ4v) is 1.93. The Labute approximate surface area is 128 Å². The van der Waals surface area contributed by atoms with Crippen LogP contribution in [0.25, 0.3) is 0 Å². The standard InChI is InChI=1S/C14H14F5NO3/c1-7(21)20-13(2,14(17,18)19)10(22)6-8-4-5-9(15)11(16)12(8)23-3/h4-5H,6H2,1-3H3,(H,20,21). The third kappa shape index (κ3) is 3.77. The average Bonchev–Trinajstić information content (AvgIpc) is 2.41. The third-order valence-electron chi connectivity index (χ3n) is 3.24. The van der Waals surface area contributed by atoms with Crippen LogP contribution in [0.1, 0.15) is 19.4 Å². The molecule has 0 saturated carbocycles. The van der Waals surface area contributed by atoms with Gasteiger partial charge < -0.3 is 10.1 Å². The molecule has 0 aliphatic rings. The molecule has 1 amide bonds. The molecule has 0 saturated heterocycles. The molecule has 0 bridgehead atoms. The molecule has 0 radical (unpaired) electrons. The summed E-state index contributed by atoms with van der Waals surface area (Å²) < 4.78 is 70.7. The minimum absolute atomic E-state index is 0.266. The van der Waals surface area contributed by atoms with Crippen LogP contribution in [0, 0.1) is 11.6 Å². The Morgan fingerprint density at radius 2 is 1.78 bits per heavy atom. The summed E-state index contributed by atoms with van der Waals surface area (Å²) in [6.45, 7) is 1.33. The summed E-state index contributed by atoms with van der Waals surface area (Å²) in [4.78, 5) is 23.1. The van der Waals surface area contributed by atoms with Crippen molar-refractivity contribution in [3.63, 3.8) is 0 Å². The van der Waals surface area contributed by atoms with Gasteiger partial charge >= 0.3 is 6.18 Å². The molecule has 1 unspecified atom stereocenters. The van der Waals surface area contributed by atoms with Gasteiger partial charge in [0, 0.05) is 18.9 Å². The summed E-state index contributed by atoms with van der Waals surface area (Å²) in [5.74, 6) is -5.84. The van der Waals surface area contributed by atoms with E-state index >= 15 is 0 Å². The van der Waals surface area contributed by atoms with E-state index in [1.54, 1.807) is 5.32 Å². The molecule has 4 nitrogen and oxygen atoms in total. The maximum Gasteiger partial charge on any atom is 0.418 e. The van der Waals surface area contributed by atoms with Gasteiger partial charge in [-0.05, 0) is 13.0 Å². The molecule has 23 heavy (non-hydrogen) atoms. The number of alkyl halides is 3. The Hall–Kier alpha value is -2.19. The number of ketones is 1. The predicted octanol–water partition coefficient (Wildman–Crippen LogP) is 2.54. The molecule has 0 aromatic heterocycles. The second kappa shape index (κ2) is 6.51. The number of nitrogens with one attached hydrogen (secondary N) is 1. The normalized spacial score (nSPS) is 14.1. The molecule has 0 fully saturated rings. The molecule has 1 atom stereocenters. The molecule has 0 spiro atoms. The average molecular weight is 339 g/mol. The van der Waals surface area contributed by atoms with Gasteiger partial charge in [-0.15, -0.1) is 0 Å². The van der Waals surface area contributed by atoms with E-state index in [1.807, 2.05) is 0 Å². The van der Waals surface area contributed by atoms with Crippen LogP contribution in [-0.4, -0.2) is 30.5 Å². The molecular weight excluding hydrogens is 325 g/mol. The number of carbonyl (C=O) groups excluding carboxylic acids is 2. The van der Waals surface area contributed by atoms with E-state index in [1.165, 1.54) is 0 Å². The summed E-state index contributed by atoms with van der Waals surface area (Å²) in [7, 11) is 0.989. The fraction of sp³-hybridized carbons (Fsp3) is 0.429. The van der Waals surface area contributed by atoms with Crippen LogP contribution in [-0.2, 0) is 16.0 Å². The summed E-state index contributed by atoms with van der Waals surface area (Å²) in [6.07, 6.45) is -5.97. The minimum Gasteiger partial charge on any atom is -0.493 e. The number of Topliss-reactive ketones (excluding diaryl/α,β-unsaturated/α-hetero) is 1. The highest BCUT2D eigenvalue weighted by Gasteiger charge is 2.56. The summed E-state index contributed by atoms with van der Waals surface area (Å²) in [6, 6.07) is 1.61. The van der Waals surface area contributed by atoms with Gasteiger partial charge in [-0.3, -0.25) is 9.59 Å². The number of ether oxygens (including phenoxy) is 1. The number of amides is 1. The highest BCUT2D eigenvalue weighted by Crippen LogP contribution is 2.33. The van der Waals surface area contributed by atoms with Gasteiger partial charge in [0.05, 0.1) is 7.11 Å². The maximum atomic E-state index is 13.6. The van der Waals surface area contributed by atoms with E-state index in [2.05, 4.69) is 4.74 Å². The molecule has 0 aliphatic heterocycles. The zero-order valence-corrected chi connectivity index (χ0v) is 12.5. The number of carbonyl (C=O) groups is 2. The lowest BCUT2D eigenvalue weighted by atomic mass is 9.90. The number of halogens is 5. The number of methoxy groups -OCH3 is 1. The van der Waals surface area contributed by atoms with Crippen molar-refractivity contribution in [1.82, 2.24) is 5.32 Å². The quantitative estimate of drug-likeness (QED) is 0.839. The Bertz CT molecular complexity index is 630. The largest absolute Gasteiger partial charge is 0.493 e. The van der Waals surface area contributed by atoms with Crippen molar-refractivity contribution < 1.29 is 36.3 Å². The molecule has 1 aromatic carbocycles. The van der Waals surface area contributed by atoms with Crippen molar-refractivity contribution in [2.45, 2.75) is 32.0 Å². The van der Waals surface area contributed by atoms with Gasteiger partial charge in [0.1, 0.15) is 0 Å². The van der Waals surface area contributed by atoms with E-state index in [-0.39, 0.29) is 5.56 Å². The van der Waals surface area contributed by atoms with Crippen LogP contribution in [0.5, 0.6) is 5.75 Å². The Morgan fingerprint density at radius 3 is 2.22 bits per heavy atom. The summed E-state index contributed by atoms with van der Waals surface area (Å²) >= 11 is 0. The van der Waals surface area contributed by atoms with Crippen LogP contribution in [0.2, 0.25) is 0 Å². The first-order valence-electron chi connectivity index (χ1n) is 6.33. The van der Waals surface area contributed by atoms with Gasteiger partial charge in [-0.1, -0.05) is 6.07 Å². The van der Waals surface area contributed by atoms with Gasteiger partial charge in [0.15, 0.2) is 22.9 Å². The zero-order valence-electron chi connectivity index (χ0n) is 12.5. The maximum absolute atomic E-state index is 13.6. The van der Waals surface area contributed by atoms with Crippen LogP contribution < -0.4 is 10.1 Å². The molecule has 1 aromatic rings. The van der Waals surface area contributed by atoms with E-state index in [0.29, 0.717) is 13.0 Å². The molecular formula is C14H14F5NO3. The Kier molecular flexibility index (Phi) is 5.34. The highest BCUT2D eigenvalue weighted by atomic mass is 19.4. The summed E-state index contributed by atoms with van der Waals surface area (Å²) in [5, 5.41) is 1.56. The zero-order chi connectivity index (χ0) is 18.0. The van der Waals surface area contributed by atoms with E-state index in [4.69, 9.17) is 0 Å². The molecule has 1 rings (SSSR count). The highest BCUT2D eigenvalue weighted by molar-refractivity contribution is 5.94. The molecule has 0 aliphatic carbocycles. The van der Waals surface area contributed by atoms with Crippen molar-refractivity contribution >= 4 is 11.7 Å². The first kappa shape index (κ1) is 18.9. The number of benzene rings is 1.